The van der Waals surface area contributed by atoms with Crippen LogP contribution in [0, 0.1) is 13.8 Å². The van der Waals surface area contributed by atoms with E-state index in [9.17, 15) is 18.4 Å². The number of ether oxygens (including phenoxy) is 1. The lowest BCUT2D eigenvalue weighted by atomic mass is 9.82. The number of amides is 1. The van der Waals surface area contributed by atoms with Gasteiger partial charge < -0.3 is 4.74 Å². The monoisotopic (exact) mass is 415 g/mol. The van der Waals surface area contributed by atoms with Crippen LogP contribution in [0.15, 0.2) is 30.5 Å². The molecular formula is C22H23F2N3O3. The number of Topliss-reactive ketones (excluding diaryl/α,β-unsaturated/α-hetero) is 1. The summed E-state index contributed by atoms with van der Waals surface area (Å²) in [6, 6.07) is 6.99. The molecule has 2 aromatic rings. The minimum Gasteiger partial charge on any atom is -0.441 e. The van der Waals surface area contributed by atoms with Crippen LogP contribution in [-0.4, -0.2) is 51.4 Å². The summed E-state index contributed by atoms with van der Waals surface area (Å²) in [6.45, 7) is 3.77. The lowest BCUT2D eigenvalue weighted by molar-refractivity contribution is -0.0910. The molecule has 4 rings (SSSR count). The SMILES string of the molecule is Cc1cnc(C)c(-c2ccc(C(=O)CN3CC4(CCC(F)(F)CC4)OC3=O)cc2)n1. The third-order valence-corrected chi connectivity index (χ3v) is 5.82. The molecule has 0 unspecified atom stereocenters. The summed E-state index contributed by atoms with van der Waals surface area (Å²) in [5, 5.41) is 0. The number of carbonyl (C=O) groups is 2. The Morgan fingerprint density at radius 3 is 2.47 bits per heavy atom. The number of rotatable bonds is 4. The van der Waals surface area contributed by atoms with Gasteiger partial charge >= 0.3 is 6.09 Å². The quantitative estimate of drug-likeness (QED) is 0.695. The van der Waals surface area contributed by atoms with E-state index in [4.69, 9.17) is 4.74 Å². The van der Waals surface area contributed by atoms with Crippen LogP contribution in [0.3, 0.4) is 0 Å². The zero-order valence-electron chi connectivity index (χ0n) is 17.0. The van der Waals surface area contributed by atoms with Crippen molar-refractivity contribution in [1.29, 1.82) is 0 Å². The van der Waals surface area contributed by atoms with Gasteiger partial charge in [-0.15, -0.1) is 0 Å². The van der Waals surface area contributed by atoms with Crippen molar-refractivity contribution in [3.05, 3.63) is 47.4 Å². The number of nitrogens with zero attached hydrogens (tertiary/aromatic N) is 3. The summed E-state index contributed by atoms with van der Waals surface area (Å²) in [6.07, 6.45) is 0.710. The average Bonchev–Trinajstić information content (AvgIpc) is 3.02. The molecule has 1 saturated carbocycles. The first-order valence-electron chi connectivity index (χ1n) is 9.96. The van der Waals surface area contributed by atoms with Crippen molar-refractivity contribution in [3.63, 3.8) is 0 Å². The second-order valence-corrected chi connectivity index (χ2v) is 8.21. The van der Waals surface area contributed by atoms with Gasteiger partial charge in [0.15, 0.2) is 5.78 Å². The Bertz CT molecular complexity index is 982. The predicted molar refractivity (Wildman–Crippen MR) is 105 cm³/mol. The molecule has 2 heterocycles. The van der Waals surface area contributed by atoms with Crippen LogP contribution < -0.4 is 0 Å². The average molecular weight is 415 g/mol. The summed E-state index contributed by atoms with van der Waals surface area (Å²) in [7, 11) is 0. The molecule has 0 atom stereocenters. The minimum atomic E-state index is -2.71. The molecule has 1 aromatic carbocycles. The van der Waals surface area contributed by atoms with E-state index >= 15 is 0 Å². The smallest absolute Gasteiger partial charge is 0.410 e. The van der Waals surface area contributed by atoms with E-state index in [1.807, 2.05) is 13.8 Å². The molecule has 8 heteroatoms. The molecule has 0 N–H and O–H groups in total. The van der Waals surface area contributed by atoms with Gasteiger partial charge in [0, 0.05) is 30.2 Å². The highest BCUT2D eigenvalue weighted by molar-refractivity contribution is 5.99. The molecular weight excluding hydrogens is 392 g/mol. The maximum absolute atomic E-state index is 13.5. The number of carbonyl (C=O) groups excluding carboxylic acids is 2. The number of aryl methyl sites for hydroxylation is 2. The molecule has 0 radical (unpaired) electrons. The first-order chi connectivity index (χ1) is 14.2. The topological polar surface area (TPSA) is 72.4 Å². The van der Waals surface area contributed by atoms with Crippen molar-refractivity contribution in [1.82, 2.24) is 14.9 Å². The van der Waals surface area contributed by atoms with Gasteiger partial charge in [-0.2, -0.15) is 0 Å². The lowest BCUT2D eigenvalue weighted by Crippen LogP contribution is -2.42. The standard InChI is InChI=1S/C22H23F2N3O3/c1-14-11-25-15(2)19(26-14)17-5-3-16(4-6-17)18(28)12-27-13-21(30-20(27)29)7-9-22(23,24)10-8-21/h3-6,11H,7-10,12-13H2,1-2H3. The summed E-state index contributed by atoms with van der Waals surface area (Å²) in [4.78, 5) is 35.0. The van der Waals surface area contributed by atoms with E-state index in [0.717, 1.165) is 22.6 Å². The van der Waals surface area contributed by atoms with Crippen LogP contribution in [-0.2, 0) is 4.74 Å². The first-order valence-corrected chi connectivity index (χ1v) is 9.96. The third-order valence-electron chi connectivity index (χ3n) is 5.82. The zero-order valence-corrected chi connectivity index (χ0v) is 17.0. The summed E-state index contributed by atoms with van der Waals surface area (Å²) in [5.74, 6) is -2.94. The van der Waals surface area contributed by atoms with E-state index < -0.39 is 17.6 Å². The van der Waals surface area contributed by atoms with E-state index in [1.165, 1.54) is 4.90 Å². The van der Waals surface area contributed by atoms with Gasteiger partial charge in [-0.3, -0.25) is 14.7 Å². The van der Waals surface area contributed by atoms with Gasteiger partial charge in [-0.05, 0) is 26.7 Å². The minimum absolute atomic E-state index is 0.113. The van der Waals surface area contributed by atoms with Crippen LogP contribution in [0.1, 0.15) is 47.4 Å². The Balaban J connectivity index is 1.43. The fraction of sp³-hybridized carbons (Fsp3) is 0.455. The summed E-state index contributed by atoms with van der Waals surface area (Å²) >= 11 is 0. The third kappa shape index (κ3) is 4.04. The van der Waals surface area contributed by atoms with Crippen molar-refractivity contribution in [2.75, 3.05) is 13.1 Å². The van der Waals surface area contributed by atoms with Crippen LogP contribution in [0.5, 0.6) is 0 Å². The Morgan fingerprint density at radius 2 is 1.80 bits per heavy atom. The van der Waals surface area contributed by atoms with Crippen molar-refractivity contribution < 1.29 is 23.1 Å². The fourth-order valence-electron chi connectivity index (χ4n) is 4.04. The van der Waals surface area contributed by atoms with Gasteiger partial charge in [-0.1, -0.05) is 24.3 Å². The van der Waals surface area contributed by atoms with E-state index in [0.29, 0.717) is 5.56 Å². The molecule has 2 fully saturated rings. The van der Waals surface area contributed by atoms with Gasteiger partial charge in [0.2, 0.25) is 5.92 Å². The Morgan fingerprint density at radius 1 is 1.13 bits per heavy atom. The number of hydrogen-bond acceptors (Lipinski definition) is 5. The second-order valence-electron chi connectivity index (χ2n) is 8.21. The van der Waals surface area contributed by atoms with Crippen LogP contribution in [0.4, 0.5) is 13.6 Å². The number of ketones is 1. The lowest BCUT2D eigenvalue weighted by Gasteiger charge is -2.34. The molecule has 158 valence electrons. The number of benzene rings is 1. The number of aromatic nitrogens is 2. The maximum Gasteiger partial charge on any atom is 0.410 e. The van der Waals surface area contributed by atoms with E-state index in [2.05, 4.69) is 9.97 Å². The first kappa shape index (κ1) is 20.4. The molecule has 1 amide bonds. The van der Waals surface area contributed by atoms with Crippen LogP contribution >= 0.6 is 0 Å². The van der Waals surface area contributed by atoms with Crippen LogP contribution in [0.2, 0.25) is 0 Å². The molecule has 0 bridgehead atoms. The molecule has 1 spiro atoms. The van der Waals surface area contributed by atoms with Crippen LogP contribution in [0.25, 0.3) is 11.3 Å². The second kappa shape index (κ2) is 7.41. The number of hydrogen-bond donors (Lipinski definition) is 0. The fourth-order valence-corrected chi connectivity index (χ4v) is 4.04. The molecule has 6 nitrogen and oxygen atoms in total. The molecule has 1 aliphatic carbocycles. The summed E-state index contributed by atoms with van der Waals surface area (Å²) in [5.41, 5.74) is 2.77. The normalized spacial score (nSPS) is 19.7. The van der Waals surface area contributed by atoms with Crippen molar-refractivity contribution in [2.24, 2.45) is 0 Å². The number of alkyl halides is 2. The van der Waals surface area contributed by atoms with Crippen molar-refractivity contribution in [3.8, 4) is 11.3 Å². The maximum atomic E-state index is 13.5. The predicted octanol–water partition coefficient (Wildman–Crippen LogP) is 4.34. The largest absolute Gasteiger partial charge is 0.441 e. The Labute approximate surface area is 173 Å². The molecule has 1 saturated heterocycles. The zero-order chi connectivity index (χ0) is 21.5. The van der Waals surface area contributed by atoms with Gasteiger partial charge in [0.05, 0.1) is 30.2 Å². The van der Waals surface area contributed by atoms with Crippen molar-refractivity contribution >= 4 is 11.9 Å². The number of halogens is 2. The highest BCUT2D eigenvalue weighted by Gasteiger charge is 2.51. The van der Waals surface area contributed by atoms with Gasteiger partial charge in [0.1, 0.15) is 5.60 Å². The van der Waals surface area contributed by atoms with Crippen molar-refractivity contribution in [2.45, 2.75) is 51.1 Å². The van der Waals surface area contributed by atoms with Gasteiger partial charge in [0.25, 0.3) is 0 Å². The summed E-state index contributed by atoms with van der Waals surface area (Å²) < 4.78 is 32.3. The molecule has 2 aliphatic rings. The Hall–Kier alpha value is -2.90. The van der Waals surface area contributed by atoms with Gasteiger partial charge in [-0.25, -0.2) is 18.6 Å². The van der Waals surface area contributed by atoms with E-state index in [1.54, 1.807) is 30.5 Å². The molecule has 1 aliphatic heterocycles. The van der Waals surface area contributed by atoms with E-state index in [-0.39, 0.29) is 44.6 Å². The Kier molecular flexibility index (Phi) is 5.03. The molecule has 30 heavy (non-hydrogen) atoms. The highest BCUT2D eigenvalue weighted by atomic mass is 19.3. The highest BCUT2D eigenvalue weighted by Crippen LogP contribution is 2.43. The molecule has 1 aromatic heterocycles.